The number of benzene rings is 2. The third-order valence-corrected chi connectivity index (χ3v) is 5.34. The van der Waals surface area contributed by atoms with E-state index in [1.807, 2.05) is 58.0 Å². The monoisotopic (exact) mass is 512 g/mol. The van der Waals surface area contributed by atoms with Gasteiger partial charge in [0.25, 0.3) is 0 Å². The van der Waals surface area contributed by atoms with Gasteiger partial charge in [-0.2, -0.15) is 0 Å². The Kier molecular flexibility index (Phi) is 19.7. The van der Waals surface area contributed by atoms with E-state index in [-0.39, 0.29) is 30.8 Å². The number of carbonyl (C=O) groups excluding carboxylic acids is 2. The highest BCUT2D eigenvalue weighted by Gasteiger charge is 2.14. The summed E-state index contributed by atoms with van der Waals surface area (Å²) >= 11 is 0. The fourth-order valence-corrected chi connectivity index (χ4v) is 3.63. The highest BCUT2D eigenvalue weighted by atomic mass is 16.5. The van der Waals surface area contributed by atoms with E-state index < -0.39 is 0 Å². The van der Waals surface area contributed by atoms with Crippen LogP contribution < -0.4 is 0 Å². The molecule has 0 aliphatic carbocycles. The topological polar surface area (TPSA) is 43.4 Å². The van der Waals surface area contributed by atoms with E-state index >= 15 is 0 Å². The summed E-state index contributed by atoms with van der Waals surface area (Å²) in [6.07, 6.45) is 2.06. The number of ether oxygens (including phenoxy) is 1. The van der Waals surface area contributed by atoms with Crippen molar-refractivity contribution >= 4 is 11.6 Å². The van der Waals surface area contributed by atoms with Crippen molar-refractivity contribution in [2.45, 2.75) is 89.5 Å². The van der Waals surface area contributed by atoms with Gasteiger partial charge in [-0.25, -0.2) is 0 Å². The second kappa shape index (κ2) is 19.8. The molecule has 0 aliphatic heterocycles. The van der Waals surface area contributed by atoms with Crippen molar-refractivity contribution in [3.63, 3.8) is 0 Å². The molecule has 0 saturated heterocycles. The molecule has 0 aromatic heterocycles. The number of ketones is 2. The van der Waals surface area contributed by atoms with E-state index in [0.29, 0.717) is 17.8 Å². The lowest BCUT2D eigenvalue weighted by molar-refractivity contribution is 0.0931. The van der Waals surface area contributed by atoms with Gasteiger partial charge in [0.05, 0.1) is 0 Å². The summed E-state index contributed by atoms with van der Waals surface area (Å²) < 4.78 is 4.80. The molecule has 2 aromatic rings. The first-order chi connectivity index (χ1) is 16.8. The van der Waals surface area contributed by atoms with Crippen LogP contribution in [0.4, 0.5) is 0 Å². The summed E-state index contributed by atoms with van der Waals surface area (Å²) in [4.78, 5) is 23.6. The van der Waals surface area contributed by atoms with E-state index in [4.69, 9.17) is 4.74 Å². The number of carbonyl (C=O) groups is 2. The van der Waals surface area contributed by atoms with Crippen molar-refractivity contribution in [3.05, 3.63) is 70.8 Å². The zero-order chi connectivity index (χ0) is 27.8. The molecule has 0 spiro atoms. The minimum Gasteiger partial charge on any atom is -0.384 e. The molecule has 0 radical (unpaired) electrons. The van der Waals surface area contributed by atoms with Crippen LogP contribution in [-0.2, 0) is 17.6 Å². The Hall–Kier alpha value is -2.26. The normalized spacial score (nSPS) is 10.6. The summed E-state index contributed by atoms with van der Waals surface area (Å²) in [5.41, 5.74) is 4.23. The van der Waals surface area contributed by atoms with Crippen LogP contribution in [0.15, 0.2) is 48.5 Å². The van der Waals surface area contributed by atoms with Crippen molar-refractivity contribution < 1.29 is 14.3 Å². The van der Waals surface area contributed by atoms with Gasteiger partial charge in [-0.1, -0.05) is 125 Å². The SMILES string of the molecule is C.CC(C)Cc1ccc(C(=O)C(C)C)cc1.CC(C)Cc1ccccc1C(=O)C(C)C.COCC(C)C. The minimum atomic E-state index is 0. The maximum Gasteiger partial charge on any atom is 0.165 e. The van der Waals surface area contributed by atoms with Crippen LogP contribution in [0.25, 0.3) is 0 Å². The lowest BCUT2D eigenvalue weighted by Gasteiger charge is -2.12. The van der Waals surface area contributed by atoms with E-state index in [1.165, 1.54) is 11.1 Å². The first-order valence-electron chi connectivity index (χ1n) is 13.5. The Morgan fingerprint density at radius 1 is 0.649 bits per heavy atom. The molecule has 0 atom stereocenters. The first-order valence-corrected chi connectivity index (χ1v) is 13.5. The van der Waals surface area contributed by atoms with Gasteiger partial charge in [-0.05, 0) is 41.7 Å². The minimum absolute atomic E-state index is 0. The molecule has 3 heteroatoms. The van der Waals surface area contributed by atoms with Crippen LogP contribution in [-0.4, -0.2) is 25.3 Å². The van der Waals surface area contributed by atoms with Gasteiger partial charge in [0.2, 0.25) is 0 Å². The van der Waals surface area contributed by atoms with E-state index in [2.05, 4.69) is 59.7 Å². The van der Waals surface area contributed by atoms with Crippen LogP contribution in [0.3, 0.4) is 0 Å². The molecule has 0 heterocycles. The fourth-order valence-electron chi connectivity index (χ4n) is 3.63. The molecule has 0 fully saturated rings. The van der Waals surface area contributed by atoms with Gasteiger partial charge in [0.1, 0.15) is 0 Å². The number of methoxy groups -OCH3 is 1. The van der Waals surface area contributed by atoms with Gasteiger partial charge in [0.15, 0.2) is 11.6 Å². The largest absolute Gasteiger partial charge is 0.384 e. The molecule has 0 aliphatic rings. The van der Waals surface area contributed by atoms with Crippen LogP contribution in [0.2, 0.25) is 0 Å². The van der Waals surface area contributed by atoms with Crippen molar-refractivity contribution in [2.75, 3.05) is 13.7 Å². The van der Waals surface area contributed by atoms with E-state index in [0.717, 1.165) is 30.6 Å². The molecular weight excluding hydrogens is 456 g/mol. The third kappa shape index (κ3) is 16.2. The third-order valence-electron chi connectivity index (χ3n) is 5.34. The molecule has 0 N–H and O–H groups in total. The van der Waals surface area contributed by atoms with Gasteiger partial charge >= 0.3 is 0 Å². The Morgan fingerprint density at radius 2 is 1.14 bits per heavy atom. The molecule has 37 heavy (non-hydrogen) atoms. The molecule has 0 saturated carbocycles. The number of rotatable bonds is 10. The number of hydrogen-bond acceptors (Lipinski definition) is 3. The molecule has 2 rings (SSSR count). The Balaban J connectivity index is 0. The van der Waals surface area contributed by atoms with E-state index in [1.54, 1.807) is 7.11 Å². The zero-order valence-corrected chi connectivity index (χ0v) is 24.9. The Labute approximate surface area is 229 Å². The van der Waals surface area contributed by atoms with Crippen molar-refractivity contribution in [2.24, 2.45) is 29.6 Å². The van der Waals surface area contributed by atoms with Crippen molar-refractivity contribution in [3.8, 4) is 0 Å². The standard InChI is InChI=1S/2C14H20O.C5H12O.CH4/c1-10(2)9-12-5-7-13(8-6-12)14(15)11(3)4;1-10(2)9-12-7-5-6-8-13(12)14(15)11(3)4;1-5(2)4-6-3;/h2*5-8,10-11H,9H2,1-4H3;5H,4H2,1-3H3;1H4. The quantitative estimate of drug-likeness (QED) is 0.298. The van der Waals surface area contributed by atoms with Crippen LogP contribution in [0.5, 0.6) is 0 Å². The molecule has 0 bridgehead atoms. The summed E-state index contributed by atoms with van der Waals surface area (Å²) in [6, 6.07) is 16.0. The second-order valence-electron chi connectivity index (χ2n) is 11.4. The Morgan fingerprint density at radius 3 is 1.51 bits per heavy atom. The highest BCUT2D eigenvalue weighted by Crippen LogP contribution is 2.17. The maximum absolute atomic E-state index is 11.9. The molecule has 3 nitrogen and oxygen atoms in total. The van der Waals surface area contributed by atoms with Crippen LogP contribution >= 0.6 is 0 Å². The lowest BCUT2D eigenvalue weighted by Crippen LogP contribution is -2.11. The highest BCUT2D eigenvalue weighted by molar-refractivity contribution is 5.98. The summed E-state index contributed by atoms with van der Waals surface area (Å²) in [6.45, 7) is 21.7. The average molecular weight is 513 g/mol. The zero-order valence-electron chi connectivity index (χ0n) is 24.9. The predicted molar refractivity (Wildman–Crippen MR) is 162 cm³/mol. The summed E-state index contributed by atoms with van der Waals surface area (Å²) in [5, 5.41) is 0. The number of hydrogen-bond donors (Lipinski definition) is 0. The van der Waals surface area contributed by atoms with E-state index in [9.17, 15) is 9.59 Å². The molecule has 210 valence electrons. The predicted octanol–water partition coefficient (Wildman–Crippen LogP) is 9.37. The van der Waals surface area contributed by atoms with Gasteiger partial charge < -0.3 is 4.74 Å². The molecule has 2 aromatic carbocycles. The van der Waals surface area contributed by atoms with Crippen LogP contribution in [0, 0.1) is 29.6 Å². The fraction of sp³-hybridized carbons (Fsp3) is 0.588. The average Bonchev–Trinajstić information content (AvgIpc) is 2.79. The molecule has 0 amide bonds. The van der Waals surface area contributed by atoms with Crippen molar-refractivity contribution in [1.29, 1.82) is 0 Å². The summed E-state index contributed by atoms with van der Waals surface area (Å²) in [5.74, 6) is 2.58. The Bertz CT molecular complexity index is 874. The smallest absolute Gasteiger partial charge is 0.165 e. The number of Topliss-reactive ketones (excluding diaryl/α,β-unsaturated/α-hetero) is 2. The van der Waals surface area contributed by atoms with Gasteiger partial charge in [-0.15, -0.1) is 0 Å². The maximum atomic E-state index is 11.9. The van der Waals surface area contributed by atoms with Gasteiger partial charge in [-0.3, -0.25) is 9.59 Å². The van der Waals surface area contributed by atoms with Crippen LogP contribution in [0.1, 0.15) is 109 Å². The lowest BCUT2D eigenvalue weighted by atomic mass is 9.92. The summed E-state index contributed by atoms with van der Waals surface area (Å²) in [7, 11) is 1.72. The van der Waals surface area contributed by atoms with Crippen molar-refractivity contribution in [1.82, 2.24) is 0 Å². The second-order valence-corrected chi connectivity index (χ2v) is 11.4. The van der Waals surface area contributed by atoms with Gasteiger partial charge in [0, 0.05) is 36.7 Å². The molecular formula is C34H56O3. The first kappa shape index (κ1) is 36.9. The molecule has 0 unspecified atom stereocenters.